The van der Waals surface area contributed by atoms with Crippen molar-refractivity contribution in [3.63, 3.8) is 0 Å². The van der Waals surface area contributed by atoms with Crippen molar-refractivity contribution < 1.29 is 13.2 Å². The van der Waals surface area contributed by atoms with Crippen LogP contribution < -0.4 is 10.5 Å². The van der Waals surface area contributed by atoms with Crippen LogP contribution in [0.25, 0.3) is 0 Å². The minimum absolute atomic E-state index is 0.137. The third-order valence-corrected chi connectivity index (χ3v) is 3.95. The van der Waals surface area contributed by atoms with Crippen LogP contribution in [0.5, 0.6) is 0 Å². The lowest BCUT2D eigenvalue weighted by atomic mass is 10.1. The van der Waals surface area contributed by atoms with Crippen LogP contribution in [0.3, 0.4) is 0 Å². The van der Waals surface area contributed by atoms with E-state index in [0.29, 0.717) is 19.1 Å². The van der Waals surface area contributed by atoms with Gasteiger partial charge in [0.1, 0.15) is 0 Å². The van der Waals surface area contributed by atoms with Crippen molar-refractivity contribution in [1.29, 1.82) is 0 Å². The Bertz CT molecular complexity index is 541. The van der Waals surface area contributed by atoms with Crippen LogP contribution in [0.4, 0.5) is 5.69 Å². The summed E-state index contributed by atoms with van der Waals surface area (Å²) in [5.41, 5.74) is 2.72. The molecule has 0 aliphatic heterocycles. The van der Waals surface area contributed by atoms with Gasteiger partial charge < -0.3 is 10.1 Å². The number of sulfonamides is 1. The van der Waals surface area contributed by atoms with Gasteiger partial charge in [-0.25, -0.2) is 13.6 Å². The molecule has 0 spiro atoms. The molecule has 0 aromatic heterocycles. The Hall–Kier alpha value is -1.11. The number of benzene rings is 1. The maximum absolute atomic E-state index is 11.4. The van der Waals surface area contributed by atoms with Crippen molar-refractivity contribution in [1.82, 2.24) is 0 Å². The minimum atomic E-state index is -3.68. The predicted octanol–water partition coefficient (Wildman–Crippen LogP) is 1.65. The van der Waals surface area contributed by atoms with Gasteiger partial charge in [-0.2, -0.15) is 0 Å². The molecule has 5 nitrogen and oxygen atoms in total. The van der Waals surface area contributed by atoms with E-state index in [-0.39, 0.29) is 4.90 Å². The Morgan fingerprint density at radius 3 is 2.53 bits per heavy atom. The van der Waals surface area contributed by atoms with E-state index in [1.165, 1.54) is 0 Å². The van der Waals surface area contributed by atoms with E-state index in [0.717, 1.165) is 16.8 Å². The van der Waals surface area contributed by atoms with Crippen molar-refractivity contribution in [3.05, 3.63) is 23.3 Å². The molecule has 19 heavy (non-hydrogen) atoms. The number of ether oxygens (including phenoxy) is 1. The number of hydrogen-bond acceptors (Lipinski definition) is 4. The van der Waals surface area contributed by atoms with Crippen molar-refractivity contribution in [3.8, 4) is 0 Å². The zero-order valence-corrected chi connectivity index (χ0v) is 12.7. The molecule has 1 aromatic carbocycles. The number of nitrogens with one attached hydrogen (secondary N) is 1. The van der Waals surface area contributed by atoms with Gasteiger partial charge in [0.25, 0.3) is 0 Å². The van der Waals surface area contributed by atoms with Crippen molar-refractivity contribution in [2.45, 2.75) is 25.7 Å². The smallest absolute Gasteiger partial charge is 0.238 e. The fraction of sp³-hybridized carbons (Fsp3) is 0.538. The molecule has 108 valence electrons. The van der Waals surface area contributed by atoms with E-state index in [2.05, 4.69) is 12.2 Å². The van der Waals surface area contributed by atoms with Gasteiger partial charge in [0.2, 0.25) is 10.0 Å². The summed E-state index contributed by atoms with van der Waals surface area (Å²) in [5.74, 6) is 0.336. The van der Waals surface area contributed by atoms with Gasteiger partial charge in [-0.15, -0.1) is 0 Å². The van der Waals surface area contributed by atoms with E-state index in [4.69, 9.17) is 9.88 Å². The van der Waals surface area contributed by atoms with Gasteiger partial charge >= 0.3 is 0 Å². The van der Waals surface area contributed by atoms with E-state index in [1.54, 1.807) is 19.2 Å². The first-order valence-electron chi connectivity index (χ1n) is 6.12. The van der Waals surface area contributed by atoms with Crippen LogP contribution in [-0.4, -0.2) is 28.7 Å². The van der Waals surface area contributed by atoms with Gasteiger partial charge in [-0.1, -0.05) is 6.92 Å². The van der Waals surface area contributed by atoms with E-state index < -0.39 is 10.0 Å². The van der Waals surface area contributed by atoms with Crippen LogP contribution in [0.1, 0.15) is 18.1 Å². The highest BCUT2D eigenvalue weighted by Gasteiger charge is 2.13. The minimum Gasteiger partial charge on any atom is -0.384 e. The maximum atomic E-state index is 11.4. The van der Waals surface area contributed by atoms with Gasteiger partial charge in [0, 0.05) is 19.3 Å². The maximum Gasteiger partial charge on any atom is 0.238 e. The predicted molar refractivity (Wildman–Crippen MR) is 76.8 cm³/mol. The van der Waals surface area contributed by atoms with Crippen LogP contribution in [-0.2, 0) is 14.8 Å². The number of hydrogen-bond donors (Lipinski definition) is 2. The highest BCUT2D eigenvalue weighted by molar-refractivity contribution is 7.89. The molecule has 6 heteroatoms. The number of anilines is 1. The second-order valence-electron chi connectivity index (χ2n) is 4.90. The summed E-state index contributed by atoms with van der Waals surface area (Å²) >= 11 is 0. The van der Waals surface area contributed by atoms with Crippen molar-refractivity contribution in [2.75, 3.05) is 25.6 Å². The largest absolute Gasteiger partial charge is 0.384 e. The molecule has 0 amide bonds. The molecule has 0 fully saturated rings. The summed E-state index contributed by atoms with van der Waals surface area (Å²) < 4.78 is 27.9. The Kier molecular flexibility index (Phi) is 5.34. The number of aryl methyl sites for hydroxylation is 1. The first-order chi connectivity index (χ1) is 8.75. The molecule has 0 saturated carbocycles. The molecule has 0 aliphatic rings. The van der Waals surface area contributed by atoms with Crippen LogP contribution in [0.2, 0.25) is 0 Å². The van der Waals surface area contributed by atoms with E-state index in [1.807, 2.05) is 13.8 Å². The summed E-state index contributed by atoms with van der Waals surface area (Å²) in [5, 5.41) is 8.42. The molecular weight excluding hydrogens is 264 g/mol. The average Bonchev–Trinajstić information content (AvgIpc) is 2.30. The van der Waals surface area contributed by atoms with Gasteiger partial charge in [-0.05, 0) is 43.0 Å². The fourth-order valence-electron chi connectivity index (χ4n) is 1.80. The second kappa shape index (κ2) is 6.36. The Balaban J connectivity index is 2.97. The number of primary sulfonamides is 1. The lowest BCUT2D eigenvalue weighted by Crippen LogP contribution is -2.18. The molecule has 0 radical (unpaired) electrons. The Labute approximate surface area is 115 Å². The van der Waals surface area contributed by atoms with E-state index in [9.17, 15) is 8.42 Å². The van der Waals surface area contributed by atoms with Crippen molar-refractivity contribution >= 4 is 15.7 Å². The normalized spacial score (nSPS) is 13.3. The Morgan fingerprint density at radius 2 is 2.00 bits per heavy atom. The number of rotatable bonds is 6. The first kappa shape index (κ1) is 15.9. The monoisotopic (exact) mass is 286 g/mol. The van der Waals surface area contributed by atoms with Crippen molar-refractivity contribution in [2.24, 2.45) is 11.1 Å². The van der Waals surface area contributed by atoms with Gasteiger partial charge in [0.05, 0.1) is 11.5 Å². The molecule has 0 bridgehead atoms. The number of methoxy groups -OCH3 is 1. The summed E-state index contributed by atoms with van der Waals surface area (Å²) in [6.07, 6.45) is 0. The topological polar surface area (TPSA) is 81.4 Å². The fourth-order valence-corrected chi connectivity index (χ4v) is 2.42. The van der Waals surface area contributed by atoms with E-state index >= 15 is 0 Å². The molecular formula is C13H22N2O3S. The first-order valence-corrected chi connectivity index (χ1v) is 7.67. The highest BCUT2D eigenvalue weighted by atomic mass is 32.2. The third-order valence-electron chi connectivity index (χ3n) is 3.06. The van der Waals surface area contributed by atoms with Crippen LogP contribution in [0, 0.1) is 19.8 Å². The highest BCUT2D eigenvalue weighted by Crippen LogP contribution is 2.23. The average molecular weight is 286 g/mol. The van der Waals surface area contributed by atoms with Crippen LogP contribution >= 0.6 is 0 Å². The third kappa shape index (κ3) is 4.49. The molecule has 1 unspecified atom stereocenters. The lowest BCUT2D eigenvalue weighted by molar-refractivity contribution is 0.164. The Morgan fingerprint density at radius 1 is 1.37 bits per heavy atom. The molecule has 3 N–H and O–H groups in total. The molecule has 0 heterocycles. The molecule has 0 saturated heterocycles. The van der Waals surface area contributed by atoms with Crippen LogP contribution in [0.15, 0.2) is 17.0 Å². The lowest BCUT2D eigenvalue weighted by Gasteiger charge is -2.16. The summed E-state index contributed by atoms with van der Waals surface area (Å²) in [4.78, 5) is 0.137. The zero-order valence-electron chi connectivity index (χ0n) is 11.9. The summed E-state index contributed by atoms with van der Waals surface area (Å²) in [6.45, 7) is 7.24. The molecule has 0 aliphatic carbocycles. The molecule has 1 atom stereocenters. The summed E-state index contributed by atoms with van der Waals surface area (Å²) in [6, 6.07) is 3.17. The zero-order chi connectivity index (χ0) is 14.6. The molecule has 1 rings (SSSR count). The SMILES string of the molecule is COCC(C)CNc1cc(S(N)(=O)=O)cc(C)c1C. The number of nitrogens with two attached hydrogens (primary N) is 1. The summed E-state index contributed by atoms with van der Waals surface area (Å²) in [7, 11) is -2.02. The quantitative estimate of drug-likeness (QED) is 0.833. The standard InChI is InChI=1S/C13H22N2O3S/c1-9(8-18-4)7-15-13-6-12(19(14,16)17)5-10(2)11(13)3/h5-6,9,15H,7-8H2,1-4H3,(H2,14,16,17). The second-order valence-corrected chi connectivity index (χ2v) is 6.46. The van der Waals surface area contributed by atoms with Gasteiger partial charge in [0.15, 0.2) is 0 Å². The molecule has 1 aromatic rings. The van der Waals surface area contributed by atoms with Gasteiger partial charge in [-0.3, -0.25) is 0 Å².